The number of carbonyl (C=O) groups excluding carboxylic acids is 1. The Morgan fingerprint density at radius 1 is 1.50 bits per heavy atom. The van der Waals surface area contributed by atoms with E-state index in [0.717, 1.165) is 32.3 Å². The molecule has 0 aromatic heterocycles. The van der Waals surface area contributed by atoms with E-state index < -0.39 is 0 Å². The summed E-state index contributed by atoms with van der Waals surface area (Å²) in [6.45, 7) is 3.09. The van der Waals surface area contributed by atoms with Crippen molar-refractivity contribution in [1.82, 2.24) is 10.6 Å². The molecule has 0 amide bonds. The van der Waals surface area contributed by atoms with Crippen LogP contribution in [0.15, 0.2) is 0 Å². The smallest absolute Gasteiger partial charge is 0.120 e. The summed E-state index contributed by atoms with van der Waals surface area (Å²) in [6.07, 6.45) is 2.63. The van der Waals surface area contributed by atoms with Crippen molar-refractivity contribution in [3.05, 3.63) is 0 Å². The lowest BCUT2D eigenvalue weighted by molar-refractivity contribution is -0.108. The first-order valence-electron chi connectivity index (χ1n) is 3.81. The van der Waals surface area contributed by atoms with Gasteiger partial charge in [0.05, 0.1) is 0 Å². The third-order valence-corrected chi connectivity index (χ3v) is 1.76. The molecule has 0 saturated carbocycles. The Labute approximate surface area is 61.2 Å². The van der Waals surface area contributed by atoms with E-state index in [1.165, 1.54) is 0 Å². The number of nitrogens with one attached hydrogen (secondary N) is 2. The SMILES string of the molecule is O=CCCC1CNCCN1. The highest BCUT2D eigenvalue weighted by Gasteiger charge is 2.09. The van der Waals surface area contributed by atoms with Crippen LogP contribution in [0.5, 0.6) is 0 Å². The summed E-state index contributed by atoms with van der Waals surface area (Å²) in [4.78, 5) is 10.00. The highest BCUT2D eigenvalue weighted by Crippen LogP contribution is 1.95. The van der Waals surface area contributed by atoms with Crippen LogP contribution in [0.25, 0.3) is 0 Å². The van der Waals surface area contributed by atoms with Crippen LogP contribution in [-0.4, -0.2) is 32.0 Å². The van der Waals surface area contributed by atoms with Gasteiger partial charge in [-0.15, -0.1) is 0 Å². The zero-order valence-corrected chi connectivity index (χ0v) is 6.10. The monoisotopic (exact) mass is 142 g/mol. The first-order chi connectivity index (χ1) is 4.93. The third-order valence-electron chi connectivity index (χ3n) is 1.76. The lowest BCUT2D eigenvalue weighted by atomic mass is 10.1. The molecule has 3 nitrogen and oxygen atoms in total. The number of hydrogen-bond acceptors (Lipinski definition) is 3. The van der Waals surface area contributed by atoms with Crippen LogP contribution in [0, 0.1) is 0 Å². The van der Waals surface area contributed by atoms with Crippen molar-refractivity contribution in [3.63, 3.8) is 0 Å². The van der Waals surface area contributed by atoms with Crippen LogP contribution in [0.3, 0.4) is 0 Å². The molecule has 1 atom stereocenters. The summed E-state index contributed by atoms with van der Waals surface area (Å²) >= 11 is 0. The Bertz CT molecular complexity index is 99.8. The van der Waals surface area contributed by atoms with Gasteiger partial charge in [0.25, 0.3) is 0 Å². The van der Waals surface area contributed by atoms with Crippen molar-refractivity contribution in [2.75, 3.05) is 19.6 Å². The molecule has 10 heavy (non-hydrogen) atoms. The Morgan fingerprint density at radius 3 is 3.00 bits per heavy atom. The quantitative estimate of drug-likeness (QED) is 0.523. The Kier molecular flexibility index (Phi) is 3.40. The van der Waals surface area contributed by atoms with Gasteiger partial charge >= 0.3 is 0 Å². The molecule has 3 heteroatoms. The van der Waals surface area contributed by atoms with E-state index in [2.05, 4.69) is 10.6 Å². The maximum atomic E-state index is 10.00. The van der Waals surface area contributed by atoms with Crippen LogP contribution in [0.1, 0.15) is 12.8 Å². The molecule has 0 aromatic carbocycles. The highest BCUT2D eigenvalue weighted by atomic mass is 16.1. The number of carbonyl (C=O) groups is 1. The van der Waals surface area contributed by atoms with Crippen molar-refractivity contribution in [3.8, 4) is 0 Å². The topological polar surface area (TPSA) is 41.1 Å². The van der Waals surface area contributed by atoms with Crippen LogP contribution in [-0.2, 0) is 4.79 Å². The minimum absolute atomic E-state index is 0.513. The normalized spacial score (nSPS) is 26.2. The largest absolute Gasteiger partial charge is 0.314 e. The number of hydrogen-bond donors (Lipinski definition) is 2. The second-order valence-corrected chi connectivity index (χ2v) is 2.60. The van der Waals surface area contributed by atoms with Crippen LogP contribution >= 0.6 is 0 Å². The standard InChI is InChI=1S/C7H14N2O/c10-5-1-2-7-6-8-3-4-9-7/h5,7-9H,1-4,6H2. The van der Waals surface area contributed by atoms with Gasteiger partial charge in [-0.2, -0.15) is 0 Å². The van der Waals surface area contributed by atoms with Gasteiger partial charge in [-0.25, -0.2) is 0 Å². The summed E-state index contributed by atoms with van der Waals surface area (Å²) in [6, 6.07) is 0.513. The fourth-order valence-corrected chi connectivity index (χ4v) is 1.19. The molecule has 1 aliphatic rings. The van der Waals surface area contributed by atoms with Crippen LogP contribution in [0.2, 0.25) is 0 Å². The summed E-state index contributed by atoms with van der Waals surface area (Å²) in [7, 11) is 0. The molecule has 0 aliphatic carbocycles. The molecule has 1 rings (SSSR count). The van der Waals surface area contributed by atoms with Crippen molar-refractivity contribution in [1.29, 1.82) is 0 Å². The van der Waals surface area contributed by atoms with Gasteiger partial charge in [0.1, 0.15) is 6.29 Å². The Balaban J connectivity index is 2.07. The minimum Gasteiger partial charge on any atom is -0.314 e. The Morgan fingerprint density at radius 2 is 2.40 bits per heavy atom. The molecular formula is C7H14N2O. The molecular weight excluding hydrogens is 128 g/mol. The van der Waals surface area contributed by atoms with Gasteiger partial charge in [0.2, 0.25) is 0 Å². The molecule has 1 heterocycles. The minimum atomic E-state index is 0.513. The van der Waals surface area contributed by atoms with Gasteiger partial charge < -0.3 is 15.4 Å². The predicted octanol–water partition coefficient (Wildman–Crippen LogP) is -0.473. The van der Waals surface area contributed by atoms with Crippen molar-refractivity contribution < 1.29 is 4.79 Å². The average Bonchev–Trinajstić information content (AvgIpc) is 2.03. The number of aldehydes is 1. The van der Waals surface area contributed by atoms with Crippen molar-refractivity contribution in [2.24, 2.45) is 0 Å². The molecule has 1 fully saturated rings. The summed E-state index contributed by atoms with van der Waals surface area (Å²) in [5.41, 5.74) is 0. The molecule has 0 bridgehead atoms. The predicted molar refractivity (Wildman–Crippen MR) is 40.0 cm³/mol. The lowest BCUT2D eigenvalue weighted by Gasteiger charge is -2.23. The fraction of sp³-hybridized carbons (Fsp3) is 0.857. The van der Waals surface area contributed by atoms with Gasteiger partial charge in [-0.3, -0.25) is 0 Å². The third kappa shape index (κ3) is 2.45. The zero-order chi connectivity index (χ0) is 7.23. The highest BCUT2D eigenvalue weighted by molar-refractivity contribution is 5.49. The summed E-state index contributed by atoms with van der Waals surface area (Å²) in [5, 5.41) is 6.60. The Hall–Kier alpha value is -0.410. The van der Waals surface area contributed by atoms with E-state index in [9.17, 15) is 4.79 Å². The number of piperazine rings is 1. The van der Waals surface area contributed by atoms with Gasteiger partial charge in [-0.1, -0.05) is 0 Å². The maximum absolute atomic E-state index is 10.00. The van der Waals surface area contributed by atoms with Crippen LogP contribution < -0.4 is 10.6 Å². The van der Waals surface area contributed by atoms with E-state index in [0.29, 0.717) is 12.5 Å². The lowest BCUT2D eigenvalue weighted by Crippen LogP contribution is -2.48. The molecule has 2 N–H and O–H groups in total. The van der Waals surface area contributed by atoms with Gasteiger partial charge in [-0.05, 0) is 6.42 Å². The van der Waals surface area contributed by atoms with E-state index in [-0.39, 0.29) is 0 Å². The van der Waals surface area contributed by atoms with Gasteiger partial charge in [0.15, 0.2) is 0 Å². The first-order valence-corrected chi connectivity index (χ1v) is 3.81. The summed E-state index contributed by atoms with van der Waals surface area (Å²) < 4.78 is 0. The molecule has 1 saturated heterocycles. The van der Waals surface area contributed by atoms with Crippen LogP contribution in [0.4, 0.5) is 0 Å². The fourth-order valence-electron chi connectivity index (χ4n) is 1.19. The molecule has 58 valence electrons. The van der Waals surface area contributed by atoms with E-state index >= 15 is 0 Å². The molecule has 0 spiro atoms. The van der Waals surface area contributed by atoms with E-state index in [4.69, 9.17) is 0 Å². The molecule has 0 aromatic rings. The zero-order valence-electron chi connectivity index (χ0n) is 6.10. The second kappa shape index (κ2) is 4.41. The first kappa shape index (κ1) is 7.69. The molecule has 0 radical (unpaired) electrons. The van der Waals surface area contributed by atoms with Crippen molar-refractivity contribution in [2.45, 2.75) is 18.9 Å². The van der Waals surface area contributed by atoms with Crippen molar-refractivity contribution >= 4 is 6.29 Å². The number of rotatable bonds is 3. The summed E-state index contributed by atoms with van der Waals surface area (Å²) in [5.74, 6) is 0. The second-order valence-electron chi connectivity index (χ2n) is 2.60. The molecule has 1 unspecified atom stereocenters. The van der Waals surface area contributed by atoms with E-state index in [1.807, 2.05) is 0 Å². The maximum Gasteiger partial charge on any atom is 0.120 e. The van der Waals surface area contributed by atoms with Gasteiger partial charge in [0, 0.05) is 32.1 Å². The average molecular weight is 142 g/mol. The van der Waals surface area contributed by atoms with E-state index in [1.54, 1.807) is 0 Å². The molecule has 1 aliphatic heterocycles.